The van der Waals surface area contributed by atoms with Crippen LogP contribution in [0.4, 0.5) is 0 Å². The van der Waals surface area contributed by atoms with E-state index in [1.807, 2.05) is 0 Å². The predicted molar refractivity (Wildman–Crippen MR) is 364 cm³/mol. The Labute approximate surface area is 589 Å². The van der Waals surface area contributed by atoms with E-state index in [9.17, 15) is 39.6 Å². The second-order valence-electron chi connectivity index (χ2n) is 26.1. The first-order chi connectivity index (χ1) is 41.8. The van der Waals surface area contributed by atoms with Gasteiger partial charge in [-0.1, -0.05) is 336 Å². The summed E-state index contributed by atoms with van der Waals surface area (Å²) in [6.07, 6.45) is 51.5. The molecule has 0 radical (unpaired) electrons. The Morgan fingerprint density at radius 2 is 0.489 bits per heavy atom. The minimum atomic E-state index is -5.62. The maximum Gasteiger partial charge on any atom is 1.00 e. The third kappa shape index (κ3) is 47.7. The molecule has 12 nitrogen and oxygen atoms in total. The molecule has 0 aromatic heterocycles. The van der Waals surface area contributed by atoms with Gasteiger partial charge in [-0.3, -0.25) is 28.3 Å². The fourth-order valence-corrected chi connectivity index (χ4v) is 18.1. The van der Waals surface area contributed by atoms with Crippen LogP contribution < -0.4 is 59.1 Å². The zero-order valence-corrected chi connectivity index (χ0v) is 64.5. The molecular formula is C72H142Na2O12P2. The molecule has 0 heterocycles. The number of carbonyl (C=O) groups excluding carboxylic acids is 4. The van der Waals surface area contributed by atoms with E-state index in [0.717, 1.165) is 103 Å². The van der Waals surface area contributed by atoms with E-state index in [1.54, 1.807) is 0 Å². The summed E-state index contributed by atoms with van der Waals surface area (Å²) < 4.78 is 43.6. The molecule has 0 rings (SSSR count). The number of hydrogen-bond acceptors (Lipinski definition) is 12. The second kappa shape index (κ2) is 66.5. The van der Waals surface area contributed by atoms with Crippen LogP contribution in [0.3, 0.4) is 0 Å². The zero-order valence-electron chi connectivity index (χ0n) is 60.7. The summed E-state index contributed by atoms with van der Waals surface area (Å²) in [6.45, 7) is 5.44. The molecule has 0 fully saturated rings. The number of hydrogen-bond donors (Lipinski definition) is 4. The summed E-state index contributed by atoms with van der Waals surface area (Å²) >= 11 is 0. The number of Topliss-reactive ketones (excluding diaryl/α,β-unsaturated/α-hetero) is 2. The van der Waals surface area contributed by atoms with Gasteiger partial charge in [0.15, 0.2) is 0 Å². The maximum atomic E-state index is 15.8. The van der Waals surface area contributed by atoms with Gasteiger partial charge in [-0.05, 0) is 25.7 Å². The third-order valence-electron chi connectivity index (χ3n) is 17.8. The second-order valence-corrected chi connectivity index (χ2v) is 31.6. The number of rotatable bonds is 71. The molecule has 88 heavy (non-hydrogen) atoms. The normalized spacial score (nSPS) is 14.3. The van der Waals surface area contributed by atoms with Gasteiger partial charge >= 0.3 is 73.9 Å². The Bertz CT molecular complexity index is 1590. The molecule has 514 valence electrons. The smallest absolute Gasteiger partial charge is 1.00 e. The van der Waals surface area contributed by atoms with E-state index in [4.69, 9.17) is 9.05 Å². The van der Waals surface area contributed by atoms with Crippen LogP contribution in [0.1, 0.15) is 403 Å². The molecule has 4 atom stereocenters. The molecular weight excluding hydrogens is 1160 g/mol. The molecule has 0 saturated heterocycles. The van der Waals surface area contributed by atoms with Crippen molar-refractivity contribution in [3.05, 3.63) is 0 Å². The largest absolute Gasteiger partial charge is 1.00 e. The van der Waals surface area contributed by atoms with Crippen LogP contribution >= 0.6 is 14.7 Å². The van der Waals surface area contributed by atoms with Crippen molar-refractivity contribution < 1.29 is 120 Å². The van der Waals surface area contributed by atoms with Crippen molar-refractivity contribution in [2.75, 3.05) is 19.8 Å². The summed E-state index contributed by atoms with van der Waals surface area (Å²) in [4.78, 5) is 56.4. The van der Waals surface area contributed by atoms with Crippen molar-refractivity contribution in [3.63, 3.8) is 0 Å². The van der Waals surface area contributed by atoms with Crippen LogP contribution in [0.25, 0.3) is 0 Å². The van der Waals surface area contributed by atoms with Gasteiger partial charge in [0.05, 0.1) is 32.0 Å². The van der Waals surface area contributed by atoms with Crippen molar-refractivity contribution >= 4 is 37.4 Å². The van der Waals surface area contributed by atoms with Gasteiger partial charge in [-0.2, -0.15) is 0 Å². The van der Waals surface area contributed by atoms with Crippen molar-refractivity contribution in [1.29, 1.82) is 0 Å². The van der Waals surface area contributed by atoms with Crippen LogP contribution in [0.5, 0.6) is 0 Å². The average Bonchev–Trinajstić information content (AvgIpc) is 0.738. The van der Waals surface area contributed by atoms with Gasteiger partial charge in [0.25, 0.3) is 5.08 Å². The molecule has 0 aliphatic heterocycles. The zero-order chi connectivity index (χ0) is 63.5. The Hall–Kier alpha value is 0.900. The molecule has 0 aromatic rings. The molecule has 0 saturated carbocycles. The van der Waals surface area contributed by atoms with E-state index < -0.39 is 88.6 Å². The number of carbonyl (C=O) groups is 4. The van der Waals surface area contributed by atoms with Gasteiger partial charge < -0.3 is 32.3 Å². The Balaban J connectivity index is -0.00000602. The topological polar surface area (TPSA) is 202 Å². The van der Waals surface area contributed by atoms with Crippen molar-refractivity contribution in [1.82, 2.24) is 0 Å². The van der Waals surface area contributed by atoms with E-state index in [1.165, 1.54) is 193 Å². The molecule has 16 heteroatoms. The minimum Gasteiger partial charge on any atom is -1.00 e. The summed E-state index contributed by atoms with van der Waals surface area (Å²) in [5.41, 5.74) is -2.37. The number of ketones is 2. The maximum absolute atomic E-state index is 15.8. The van der Waals surface area contributed by atoms with Crippen LogP contribution in [0, 0.1) is 0 Å². The Morgan fingerprint density at radius 1 is 0.318 bits per heavy atom. The fraction of sp³-hybridized carbons (Fsp3) is 0.944. The molecule has 0 aromatic carbocycles. The van der Waals surface area contributed by atoms with Crippen molar-refractivity contribution in [2.24, 2.45) is 0 Å². The molecule has 4 unspecified atom stereocenters. The monoisotopic (exact) mass is 1310 g/mol. The third-order valence-corrected chi connectivity index (χ3v) is 24.5. The SMILES string of the molecule is CCCCCCCCCCCCCCCC(=O)CC(CO)OP(=O)(C(=O)CCCCCCCCCCCCCCC)C(O)(CO)P(=O)(OC(CO)CC(=O)CCCCCCCCCCCCCCC)C(=O)CCCCCCCCCCCCCCC.[H-].[H-].[Na+].[Na+]. The standard InChI is InChI=1S/C72H140O12P2.2Na.2H/c1-5-9-13-17-21-25-29-33-37-41-45-49-53-57-66(76)61-68(63-73)83-85(81,70(78)59-55-51-47-43-39-35-31-27-23-19-15-11-7-3)72(80,65-75)86(82,71(79)60-56-52-48-44-40-36-32-28-24-20-16-12-8-4)84-69(64-74)62-67(77)58-54-50-46-42-38-34-30-26-22-18-14-10-6-2;;;;/h68-69,73-75,80H,5-65H2,1-4H3;;;;/q;2*+1;2*-1. The summed E-state index contributed by atoms with van der Waals surface area (Å²) in [6, 6.07) is 0. The van der Waals surface area contributed by atoms with E-state index in [0.29, 0.717) is 25.7 Å². The summed E-state index contributed by atoms with van der Waals surface area (Å²) in [5.74, 6) is -0.647. The van der Waals surface area contributed by atoms with E-state index >= 15 is 9.13 Å². The first-order valence-corrected chi connectivity index (χ1v) is 40.3. The number of aliphatic hydroxyl groups excluding tert-OH is 3. The average molecular weight is 1310 g/mol. The Kier molecular flexibility index (Phi) is 70.4. The van der Waals surface area contributed by atoms with Gasteiger partial charge in [0.1, 0.15) is 11.6 Å². The van der Waals surface area contributed by atoms with E-state index in [2.05, 4.69) is 27.7 Å². The molecule has 0 aliphatic carbocycles. The quantitative estimate of drug-likeness (QED) is 0.0255. The van der Waals surface area contributed by atoms with Gasteiger partial charge in [0.2, 0.25) is 11.0 Å². The van der Waals surface area contributed by atoms with Crippen LogP contribution in [-0.2, 0) is 37.4 Å². The Morgan fingerprint density at radius 3 is 0.659 bits per heavy atom. The van der Waals surface area contributed by atoms with Crippen LogP contribution in [0.2, 0.25) is 0 Å². The molecule has 0 bridgehead atoms. The first kappa shape index (κ1) is 93.1. The van der Waals surface area contributed by atoms with E-state index in [-0.39, 0.29) is 99.2 Å². The fourth-order valence-electron chi connectivity index (χ4n) is 12.0. The van der Waals surface area contributed by atoms with Gasteiger partial charge in [0, 0.05) is 38.5 Å². The minimum absolute atomic E-state index is 0. The number of unbranched alkanes of at least 4 members (excludes halogenated alkanes) is 48. The molecule has 0 spiro atoms. The van der Waals surface area contributed by atoms with Crippen molar-refractivity contribution in [3.8, 4) is 0 Å². The molecule has 0 amide bonds. The van der Waals surface area contributed by atoms with Gasteiger partial charge in [-0.25, -0.2) is 0 Å². The summed E-state index contributed by atoms with van der Waals surface area (Å²) in [5, 5.41) is 42.0. The van der Waals surface area contributed by atoms with Gasteiger partial charge in [-0.15, -0.1) is 0 Å². The predicted octanol–water partition coefficient (Wildman–Crippen LogP) is 16.1. The first-order valence-electron chi connectivity index (χ1n) is 37.0. The molecule has 4 N–H and O–H groups in total. The van der Waals surface area contributed by atoms with Crippen LogP contribution in [-0.4, -0.2) is 80.2 Å². The van der Waals surface area contributed by atoms with Crippen LogP contribution in [0.15, 0.2) is 0 Å². The summed E-state index contributed by atoms with van der Waals surface area (Å²) in [7, 11) is -11.2. The van der Waals surface area contributed by atoms with Crippen molar-refractivity contribution in [2.45, 2.75) is 417 Å². The number of aliphatic hydroxyl groups is 4. The molecule has 0 aliphatic rings.